The van der Waals surface area contributed by atoms with Gasteiger partial charge in [-0.3, -0.25) is 4.79 Å². The summed E-state index contributed by atoms with van der Waals surface area (Å²) in [5.74, 6) is 9.47. The molecule has 0 bridgehead atoms. The summed E-state index contributed by atoms with van der Waals surface area (Å²) in [6.07, 6.45) is 2.26. The lowest BCUT2D eigenvalue weighted by molar-refractivity contribution is -0.118. The van der Waals surface area contributed by atoms with Crippen molar-refractivity contribution in [3.05, 3.63) is 28.2 Å². The lowest BCUT2D eigenvalue weighted by atomic mass is 10.4. The van der Waals surface area contributed by atoms with E-state index in [1.807, 2.05) is 11.8 Å². The molecule has 1 fully saturated rings. The van der Waals surface area contributed by atoms with Gasteiger partial charge >= 0.3 is 0 Å². The molecule has 0 radical (unpaired) electrons. The Morgan fingerprint density at radius 3 is 3.09 bits per heavy atom. The van der Waals surface area contributed by atoms with Gasteiger partial charge < -0.3 is 11.2 Å². The Hall–Kier alpha value is -1.19. The number of hydrogen-bond donors (Lipinski definition) is 2. The summed E-state index contributed by atoms with van der Waals surface area (Å²) in [6.45, 7) is 0.679. The van der Waals surface area contributed by atoms with E-state index >= 15 is 0 Å². The zero-order chi connectivity index (χ0) is 16.1. The molecule has 3 rings (SSSR count). The molecular formula is C14H19N5OS3. The molecule has 1 aliphatic rings. The smallest absolute Gasteiger partial charge is 0.230 e. The Balaban J connectivity index is 1.30. The molecule has 6 nitrogen and oxygen atoms in total. The highest BCUT2D eigenvalue weighted by Gasteiger charge is 2.29. The van der Waals surface area contributed by atoms with E-state index in [1.165, 1.54) is 21.3 Å². The van der Waals surface area contributed by atoms with Crippen LogP contribution in [0.3, 0.4) is 0 Å². The van der Waals surface area contributed by atoms with E-state index in [0.29, 0.717) is 23.4 Å². The van der Waals surface area contributed by atoms with E-state index < -0.39 is 0 Å². The molecule has 2 aromatic rings. The van der Waals surface area contributed by atoms with Gasteiger partial charge in [0.1, 0.15) is 0 Å². The van der Waals surface area contributed by atoms with E-state index in [1.54, 1.807) is 11.3 Å². The van der Waals surface area contributed by atoms with Gasteiger partial charge in [-0.25, -0.2) is 4.68 Å². The largest absolute Gasteiger partial charge is 0.355 e. The summed E-state index contributed by atoms with van der Waals surface area (Å²) in [5.41, 5.74) is 0. The minimum absolute atomic E-state index is 0.00250. The van der Waals surface area contributed by atoms with Crippen molar-refractivity contribution in [2.75, 3.05) is 23.9 Å². The molecule has 2 heterocycles. The van der Waals surface area contributed by atoms with Crippen LogP contribution >= 0.6 is 34.9 Å². The molecule has 0 spiro atoms. The zero-order valence-electron chi connectivity index (χ0n) is 12.6. The highest BCUT2D eigenvalue weighted by Crippen LogP contribution is 2.39. The molecular weight excluding hydrogens is 350 g/mol. The van der Waals surface area contributed by atoms with Crippen LogP contribution < -0.4 is 11.2 Å². The topological polar surface area (TPSA) is 85.8 Å². The molecule has 3 N–H and O–H groups in total. The van der Waals surface area contributed by atoms with Crippen molar-refractivity contribution in [1.29, 1.82) is 0 Å². The van der Waals surface area contributed by atoms with Crippen molar-refractivity contribution < 1.29 is 4.79 Å². The molecule has 1 saturated carbocycles. The van der Waals surface area contributed by atoms with Gasteiger partial charge in [-0.1, -0.05) is 17.8 Å². The molecule has 23 heavy (non-hydrogen) atoms. The summed E-state index contributed by atoms with van der Waals surface area (Å²) in [4.78, 5) is 13.2. The first-order valence-corrected chi connectivity index (χ1v) is 10.5. The average molecular weight is 370 g/mol. The summed E-state index contributed by atoms with van der Waals surface area (Å²) in [5, 5.41) is 13.8. The Labute approximate surface area is 147 Å². The van der Waals surface area contributed by atoms with Crippen molar-refractivity contribution in [1.82, 2.24) is 20.2 Å². The van der Waals surface area contributed by atoms with Crippen LogP contribution in [0.4, 0.5) is 0 Å². The zero-order valence-corrected chi connectivity index (χ0v) is 15.1. The van der Waals surface area contributed by atoms with Gasteiger partial charge in [0, 0.05) is 28.8 Å². The van der Waals surface area contributed by atoms with Crippen molar-refractivity contribution in [2.24, 2.45) is 0 Å². The number of thiophene rings is 1. The van der Waals surface area contributed by atoms with Gasteiger partial charge in [0.05, 0.1) is 5.75 Å². The Bertz CT molecular complexity index is 639. The second-order valence-electron chi connectivity index (χ2n) is 5.26. The quantitative estimate of drug-likeness (QED) is 0.400. The molecule has 124 valence electrons. The monoisotopic (exact) mass is 369 g/mol. The molecule has 2 aromatic heterocycles. The van der Waals surface area contributed by atoms with E-state index in [9.17, 15) is 4.79 Å². The van der Waals surface area contributed by atoms with Crippen LogP contribution in [0.25, 0.3) is 0 Å². The Morgan fingerprint density at radius 1 is 1.48 bits per heavy atom. The van der Waals surface area contributed by atoms with Gasteiger partial charge in [-0.2, -0.15) is 11.8 Å². The minimum atomic E-state index is 0.00250. The van der Waals surface area contributed by atoms with Crippen LogP contribution in [-0.2, 0) is 10.5 Å². The third kappa shape index (κ3) is 4.89. The van der Waals surface area contributed by atoms with E-state index in [4.69, 9.17) is 5.84 Å². The second-order valence-corrected chi connectivity index (χ2v) is 8.34. The Kier molecular flexibility index (Phi) is 5.85. The molecule has 1 amide bonds. The molecule has 0 aromatic carbocycles. The number of nitrogens with two attached hydrogens (primary N) is 1. The summed E-state index contributed by atoms with van der Waals surface area (Å²) in [6, 6.07) is 4.19. The van der Waals surface area contributed by atoms with Crippen molar-refractivity contribution in [3.8, 4) is 0 Å². The fraction of sp³-hybridized carbons (Fsp3) is 0.500. The number of carbonyl (C=O) groups is 1. The third-order valence-electron chi connectivity index (χ3n) is 3.36. The number of aromatic nitrogens is 3. The van der Waals surface area contributed by atoms with Crippen LogP contribution in [0.15, 0.2) is 22.7 Å². The fourth-order valence-corrected chi connectivity index (χ4v) is 4.41. The fourth-order valence-electron chi connectivity index (χ4n) is 2.02. The van der Waals surface area contributed by atoms with Crippen molar-refractivity contribution in [3.63, 3.8) is 0 Å². The highest BCUT2D eigenvalue weighted by molar-refractivity contribution is 7.99. The number of hydrogen-bond acceptors (Lipinski definition) is 7. The Morgan fingerprint density at radius 2 is 2.35 bits per heavy atom. The molecule has 0 atom stereocenters. The standard InChI is InChI=1S/C14H19N5OS3/c15-19-13(10-3-4-10)17-18-14(19)23-9-12(20)16-5-7-21-8-11-2-1-6-22-11/h1-2,6,10H,3-5,7-9,15H2,(H,16,20). The lowest BCUT2D eigenvalue weighted by Gasteiger charge is -2.05. The molecule has 1 aliphatic carbocycles. The maximum atomic E-state index is 11.8. The second kappa shape index (κ2) is 8.07. The van der Waals surface area contributed by atoms with Crippen molar-refractivity contribution in [2.45, 2.75) is 29.7 Å². The molecule has 0 aliphatic heterocycles. The summed E-state index contributed by atoms with van der Waals surface area (Å²) >= 11 is 4.92. The minimum Gasteiger partial charge on any atom is -0.355 e. The predicted octanol–water partition coefficient (Wildman–Crippen LogP) is 2.07. The maximum Gasteiger partial charge on any atom is 0.230 e. The third-order valence-corrected chi connectivity index (χ3v) is 6.37. The number of thioether (sulfide) groups is 2. The lowest BCUT2D eigenvalue weighted by Crippen LogP contribution is -2.27. The number of nitrogens with one attached hydrogen (secondary N) is 1. The summed E-state index contributed by atoms with van der Waals surface area (Å²) in [7, 11) is 0. The summed E-state index contributed by atoms with van der Waals surface area (Å²) < 4.78 is 1.52. The normalized spacial score (nSPS) is 14.1. The molecule has 9 heteroatoms. The first kappa shape index (κ1) is 16.7. The van der Waals surface area contributed by atoms with Gasteiger partial charge in [0.2, 0.25) is 11.1 Å². The van der Waals surface area contributed by atoms with E-state index in [-0.39, 0.29) is 5.91 Å². The predicted molar refractivity (Wildman–Crippen MR) is 96.4 cm³/mol. The van der Waals surface area contributed by atoms with Crippen LogP contribution in [0.5, 0.6) is 0 Å². The van der Waals surface area contributed by atoms with Gasteiger partial charge in [-0.15, -0.1) is 21.5 Å². The van der Waals surface area contributed by atoms with Gasteiger partial charge in [0.15, 0.2) is 5.82 Å². The molecule has 0 saturated heterocycles. The van der Waals surface area contributed by atoms with E-state index in [2.05, 4.69) is 33.0 Å². The number of rotatable bonds is 9. The van der Waals surface area contributed by atoms with Crippen LogP contribution in [0, 0.1) is 0 Å². The first-order chi connectivity index (χ1) is 11.2. The highest BCUT2D eigenvalue weighted by atomic mass is 32.2. The van der Waals surface area contributed by atoms with Crippen LogP contribution in [-0.4, -0.2) is 38.8 Å². The number of carbonyl (C=O) groups excluding carboxylic acids is 1. The molecule has 0 unspecified atom stereocenters. The SMILES string of the molecule is Nn1c(SCC(=O)NCCSCc2cccs2)nnc1C1CC1. The van der Waals surface area contributed by atoms with Crippen LogP contribution in [0.1, 0.15) is 29.5 Å². The van der Waals surface area contributed by atoms with Crippen molar-refractivity contribution >= 4 is 40.8 Å². The number of nitrogen functional groups attached to an aromatic ring is 1. The van der Waals surface area contributed by atoms with Gasteiger partial charge in [-0.05, 0) is 24.3 Å². The van der Waals surface area contributed by atoms with E-state index in [0.717, 1.165) is 30.2 Å². The van der Waals surface area contributed by atoms with Gasteiger partial charge in [0.25, 0.3) is 0 Å². The number of nitrogens with zero attached hydrogens (tertiary/aromatic N) is 3. The maximum absolute atomic E-state index is 11.8. The number of amides is 1. The first-order valence-electron chi connectivity index (χ1n) is 7.44. The van der Waals surface area contributed by atoms with Crippen LogP contribution in [0.2, 0.25) is 0 Å². The average Bonchev–Trinajstić information content (AvgIpc) is 3.12.